The van der Waals surface area contributed by atoms with Crippen molar-refractivity contribution in [3.05, 3.63) is 58.1 Å². The molecule has 1 aliphatic heterocycles. The summed E-state index contributed by atoms with van der Waals surface area (Å²) in [6.07, 6.45) is 1.66. The summed E-state index contributed by atoms with van der Waals surface area (Å²) in [5.41, 5.74) is 2.88. The molecule has 0 spiro atoms. The number of nitrogens with zero attached hydrogens (tertiary/aromatic N) is 1. The first-order valence-corrected chi connectivity index (χ1v) is 8.86. The van der Waals surface area contributed by atoms with E-state index in [-0.39, 0.29) is 11.8 Å². The number of anilines is 2. The van der Waals surface area contributed by atoms with Crippen LogP contribution >= 0.6 is 23.2 Å². The van der Waals surface area contributed by atoms with E-state index in [2.05, 4.69) is 16.3 Å². The highest BCUT2D eigenvalue weighted by molar-refractivity contribution is 6.31. The fourth-order valence-electron chi connectivity index (χ4n) is 2.99. The monoisotopic (exact) mass is 362 g/mol. The van der Waals surface area contributed by atoms with E-state index in [0.717, 1.165) is 47.9 Å². The Morgan fingerprint density at radius 2 is 1.88 bits per heavy atom. The summed E-state index contributed by atoms with van der Waals surface area (Å²) in [6.45, 7) is 3.65. The number of halogens is 2. The second-order valence-corrected chi connectivity index (χ2v) is 7.04. The molecular formula is C19H20Cl2N2O. The third kappa shape index (κ3) is 4.03. The summed E-state index contributed by atoms with van der Waals surface area (Å²) in [7, 11) is 0. The molecule has 0 unspecified atom stereocenters. The Balaban J connectivity index is 1.58. The maximum atomic E-state index is 12.5. The van der Waals surface area contributed by atoms with Crippen molar-refractivity contribution >= 4 is 40.5 Å². The molecule has 0 aliphatic carbocycles. The van der Waals surface area contributed by atoms with E-state index >= 15 is 0 Å². The van der Waals surface area contributed by atoms with Crippen molar-refractivity contribution in [1.29, 1.82) is 0 Å². The standard InChI is InChI=1S/C19H20Cl2N2O/c1-13-5-6-16(12-18(13)21)22-19(24)14-7-9-23(10-8-14)17-4-2-3-15(20)11-17/h2-6,11-12,14H,7-10H2,1H3,(H,22,24). The molecule has 2 aromatic carbocycles. The lowest BCUT2D eigenvalue weighted by molar-refractivity contribution is -0.120. The first-order valence-electron chi connectivity index (χ1n) is 8.10. The number of benzene rings is 2. The van der Waals surface area contributed by atoms with Crippen molar-refractivity contribution in [2.24, 2.45) is 5.92 Å². The summed E-state index contributed by atoms with van der Waals surface area (Å²) in [4.78, 5) is 14.7. The van der Waals surface area contributed by atoms with Gasteiger partial charge in [0.2, 0.25) is 5.91 Å². The van der Waals surface area contributed by atoms with E-state index in [4.69, 9.17) is 23.2 Å². The zero-order chi connectivity index (χ0) is 17.1. The number of amides is 1. The number of aryl methyl sites for hydroxylation is 1. The van der Waals surface area contributed by atoms with Crippen molar-refractivity contribution in [3.63, 3.8) is 0 Å². The molecule has 24 heavy (non-hydrogen) atoms. The van der Waals surface area contributed by atoms with Crippen LogP contribution in [-0.2, 0) is 4.79 Å². The fraction of sp³-hybridized carbons (Fsp3) is 0.316. The maximum Gasteiger partial charge on any atom is 0.227 e. The van der Waals surface area contributed by atoms with Crippen molar-refractivity contribution in [1.82, 2.24) is 0 Å². The highest BCUT2D eigenvalue weighted by Gasteiger charge is 2.25. The minimum atomic E-state index is 0.0283. The van der Waals surface area contributed by atoms with Crippen LogP contribution in [0.25, 0.3) is 0 Å². The van der Waals surface area contributed by atoms with Gasteiger partial charge in [-0.3, -0.25) is 4.79 Å². The Labute approximate surface area is 152 Å². The van der Waals surface area contributed by atoms with Gasteiger partial charge in [-0.1, -0.05) is 35.3 Å². The first-order chi connectivity index (χ1) is 11.5. The summed E-state index contributed by atoms with van der Waals surface area (Å²) in [5.74, 6) is 0.0983. The van der Waals surface area contributed by atoms with Gasteiger partial charge in [-0.05, 0) is 55.7 Å². The average Bonchev–Trinajstić information content (AvgIpc) is 2.58. The molecule has 126 valence electrons. The molecule has 0 aromatic heterocycles. The molecule has 1 amide bonds. The van der Waals surface area contributed by atoms with Gasteiger partial charge in [0, 0.05) is 40.4 Å². The zero-order valence-corrected chi connectivity index (χ0v) is 15.1. The van der Waals surface area contributed by atoms with E-state index in [1.54, 1.807) is 6.07 Å². The Morgan fingerprint density at radius 1 is 1.12 bits per heavy atom. The predicted molar refractivity (Wildman–Crippen MR) is 101 cm³/mol. The molecule has 1 N–H and O–H groups in total. The minimum absolute atomic E-state index is 0.0283. The van der Waals surface area contributed by atoms with E-state index in [9.17, 15) is 4.79 Å². The largest absolute Gasteiger partial charge is 0.371 e. The van der Waals surface area contributed by atoms with Gasteiger partial charge < -0.3 is 10.2 Å². The maximum absolute atomic E-state index is 12.5. The number of carbonyl (C=O) groups is 1. The van der Waals surface area contributed by atoms with Gasteiger partial charge >= 0.3 is 0 Å². The average molecular weight is 363 g/mol. The molecule has 1 heterocycles. The van der Waals surface area contributed by atoms with E-state index < -0.39 is 0 Å². The topological polar surface area (TPSA) is 32.3 Å². The SMILES string of the molecule is Cc1ccc(NC(=O)C2CCN(c3cccc(Cl)c3)CC2)cc1Cl. The lowest BCUT2D eigenvalue weighted by atomic mass is 9.95. The molecule has 3 rings (SSSR count). The van der Waals surface area contributed by atoms with Gasteiger partial charge in [-0.15, -0.1) is 0 Å². The predicted octanol–water partition coefficient (Wildman–Crippen LogP) is 5.16. The van der Waals surface area contributed by atoms with Crippen molar-refractivity contribution in [3.8, 4) is 0 Å². The van der Waals surface area contributed by atoms with Crippen LogP contribution in [0.2, 0.25) is 10.0 Å². The first kappa shape index (κ1) is 17.1. The molecule has 0 atom stereocenters. The van der Waals surface area contributed by atoms with E-state index in [1.807, 2.05) is 37.3 Å². The van der Waals surface area contributed by atoms with Gasteiger partial charge in [0.15, 0.2) is 0 Å². The number of hydrogen-bond acceptors (Lipinski definition) is 2. The van der Waals surface area contributed by atoms with Gasteiger partial charge in [0.25, 0.3) is 0 Å². The smallest absolute Gasteiger partial charge is 0.227 e. The van der Waals surface area contributed by atoms with Crippen LogP contribution in [0.15, 0.2) is 42.5 Å². The Kier molecular flexibility index (Phi) is 5.32. The fourth-order valence-corrected chi connectivity index (χ4v) is 3.35. The summed E-state index contributed by atoms with van der Waals surface area (Å²) < 4.78 is 0. The van der Waals surface area contributed by atoms with Crippen LogP contribution < -0.4 is 10.2 Å². The number of piperidine rings is 1. The Hall–Kier alpha value is -1.71. The van der Waals surface area contributed by atoms with Gasteiger partial charge in [-0.2, -0.15) is 0 Å². The van der Waals surface area contributed by atoms with Crippen LogP contribution in [0, 0.1) is 12.8 Å². The third-order valence-electron chi connectivity index (χ3n) is 4.48. The molecule has 0 bridgehead atoms. The number of hydrogen-bond donors (Lipinski definition) is 1. The normalized spacial score (nSPS) is 15.4. The van der Waals surface area contributed by atoms with E-state index in [1.165, 1.54) is 0 Å². The van der Waals surface area contributed by atoms with Crippen LogP contribution in [0.1, 0.15) is 18.4 Å². The van der Waals surface area contributed by atoms with Gasteiger partial charge in [-0.25, -0.2) is 0 Å². The molecule has 5 heteroatoms. The molecule has 1 aliphatic rings. The molecule has 1 fully saturated rings. The molecule has 0 radical (unpaired) electrons. The molecule has 1 saturated heterocycles. The Bertz CT molecular complexity index is 740. The lowest BCUT2D eigenvalue weighted by Crippen LogP contribution is -2.38. The van der Waals surface area contributed by atoms with Gasteiger partial charge in [0.05, 0.1) is 0 Å². The minimum Gasteiger partial charge on any atom is -0.371 e. The Morgan fingerprint density at radius 3 is 2.54 bits per heavy atom. The number of rotatable bonds is 3. The second kappa shape index (κ2) is 7.45. The van der Waals surface area contributed by atoms with E-state index in [0.29, 0.717) is 5.02 Å². The van der Waals surface area contributed by atoms with Crippen LogP contribution in [-0.4, -0.2) is 19.0 Å². The summed E-state index contributed by atoms with van der Waals surface area (Å²) in [6, 6.07) is 13.5. The molecular weight excluding hydrogens is 343 g/mol. The summed E-state index contributed by atoms with van der Waals surface area (Å²) >= 11 is 12.2. The molecule has 2 aromatic rings. The number of carbonyl (C=O) groups excluding carboxylic acids is 1. The van der Waals surface area contributed by atoms with Crippen molar-refractivity contribution in [2.75, 3.05) is 23.3 Å². The van der Waals surface area contributed by atoms with Crippen molar-refractivity contribution < 1.29 is 4.79 Å². The number of nitrogens with one attached hydrogen (secondary N) is 1. The molecule has 0 saturated carbocycles. The quantitative estimate of drug-likeness (QED) is 0.817. The lowest BCUT2D eigenvalue weighted by Gasteiger charge is -2.33. The highest BCUT2D eigenvalue weighted by Crippen LogP contribution is 2.27. The van der Waals surface area contributed by atoms with Crippen molar-refractivity contribution in [2.45, 2.75) is 19.8 Å². The zero-order valence-electron chi connectivity index (χ0n) is 13.6. The molecule has 3 nitrogen and oxygen atoms in total. The second-order valence-electron chi connectivity index (χ2n) is 6.19. The summed E-state index contributed by atoms with van der Waals surface area (Å²) in [5, 5.41) is 4.39. The highest BCUT2D eigenvalue weighted by atomic mass is 35.5. The van der Waals surface area contributed by atoms with Crippen LogP contribution in [0.5, 0.6) is 0 Å². The third-order valence-corrected chi connectivity index (χ3v) is 5.12. The van der Waals surface area contributed by atoms with Crippen LogP contribution in [0.3, 0.4) is 0 Å². The van der Waals surface area contributed by atoms with Gasteiger partial charge in [0.1, 0.15) is 0 Å². The van der Waals surface area contributed by atoms with Crippen LogP contribution in [0.4, 0.5) is 11.4 Å².